The maximum Gasteiger partial charge on any atom is 0.189 e. The molecule has 116 valence electrons. The number of nitrogens with two attached hydrogens (primary N) is 1. The summed E-state index contributed by atoms with van der Waals surface area (Å²) in [5, 5.41) is 15.5. The van der Waals surface area contributed by atoms with Gasteiger partial charge in [0.25, 0.3) is 0 Å². The van der Waals surface area contributed by atoms with E-state index >= 15 is 0 Å². The molecular formula is C16H26N4O. The fourth-order valence-electron chi connectivity index (χ4n) is 3.11. The summed E-state index contributed by atoms with van der Waals surface area (Å²) in [7, 11) is 0. The molecule has 21 heavy (non-hydrogen) atoms. The number of hydrogen-bond donors (Lipinski definition) is 3. The molecular weight excluding hydrogens is 264 g/mol. The van der Waals surface area contributed by atoms with E-state index in [0.717, 1.165) is 11.5 Å². The second-order valence-electron chi connectivity index (χ2n) is 5.92. The topological polar surface area (TPSA) is 83.5 Å². The van der Waals surface area contributed by atoms with Gasteiger partial charge < -0.3 is 16.3 Å². The third-order valence-electron chi connectivity index (χ3n) is 4.46. The molecule has 0 saturated heterocycles. The SMILES string of the molecule is C[C@@H](NCc1cccnc1/C(N)=N/O)C1CCCCCC1. The summed E-state index contributed by atoms with van der Waals surface area (Å²) in [4.78, 5) is 4.20. The summed E-state index contributed by atoms with van der Waals surface area (Å²) < 4.78 is 0. The van der Waals surface area contributed by atoms with Gasteiger partial charge in [-0.05, 0) is 37.3 Å². The Kier molecular flexibility index (Phi) is 5.99. The van der Waals surface area contributed by atoms with Gasteiger partial charge in [0, 0.05) is 18.8 Å². The molecule has 1 atom stereocenters. The van der Waals surface area contributed by atoms with Gasteiger partial charge in [-0.15, -0.1) is 0 Å². The Morgan fingerprint density at radius 2 is 2.14 bits per heavy atom. The number of oxime groups is 1. The molecule has 0 unspecified atom stereocenters. The highest BCUT2D eigenvalue weighted by Gasteiger charge is 2.19. The summed E-state index contributed by atoms with van der Waals surface area (Å²) in [6, 6.07) is 4.32. The normalized spacial score (nSPS) is 19.2. The van der Waals surface area contributed by atoms with Crippen LogP contribution in [0.2, 0.25) is 0 Å². The Hall–Kier alpha value is -1.62. The minimum atomic E-state index is 0.0644. The molecule has 0 radical (unpaired) electrons. The van der Waals surface area contributed by atoms with E-state index in [1.807, 2.05) is 12.1 Å². The molecule has 1 aromatic rings. The molecule has 1 saturated carbocycles. The summed E-state index contributed by atoms with van der Waals surface area (Å²) in [5.74, 6) is 0.811. The monoisotopic (exact) mass is 290 g/mol. The molecule has 1 aromatic heterocycles. The third-order valence-corrected chi connectivity index (χ3v) is 4.46. The Morgan fingerprint density at radius 1 is 1.43 bits per heavy atom. The number of nitrogens with one attached hydrogen (secondary N) is 1. The van der Waals surface area contributed by atoms with E-state index in [4.69, 9.17) is 10.9 Å². The van der Waals surface area contributed by atoms with Crippen LogP contribution in [-0.2, 0) is 6.54 Å². The summed E-state index contributed by atoms with van der Waals surface area (Å²) >= 11 is 0. The van der Waals surface area contributed by atoms with Gasteiger partial charge in [-0.1, -0.05) is 36.9 Å². The Balaban J connectivity index is 1.96. The summed E-state index contributed by atoms with van der Waals surface area (Å²) in [6.07, 6.45) is 9.73. The van der Waals surface area contributed by atoms with Crippen LogP contribution in [0.4, 0.5) is 0 Å². The zero-order chi connectivity index (χ0) is 15.1. The number of amidine groups is 1. The van der Waals surface area contributed by atoms with Crippen molar-refractivity contribution < 1.29 is 5.21 Å². The second kappa shape index (κ2) is 7.98. The Bertz CT molecular complexity index is 467. The first kappa shape index (κ1) is 15.8. The Morgan fingerprint density at radius 3 is 2.81 bits per heavy atom. The summed E-state index contributed by atoms with van der Waals surface area (Å²) in [5.41, 5.74) is 7.20. The number of pyridine rings is 1. The van der Waals surface area contributed by atoms with Crippen molar-refractivity contribution in [1.82, 2.24) is 10.3 Å². The lowest BCUT2D eigenvalue weighted by Gasteiger charge is -2.24. The first-order chi connectivity index (χ1) is 10.2. The van der Waals surface area contributed by atoms with Gasteiger partial charge in [-0.2, -0.15) is 0 Å². The molecule has 1 aliphatic rings. The van der Waals surface area contributed by atoms with Crippen molar-refractivity contribution in [3.63, 3.8) is 0 Å². The van der Waals surface area contributed by atoms with Gasteiger partial charge in [0.2, 0.25) is 0 Å². The van der Waals surface area contributed by atoms with Gasteiger partial charge in [-0.25, -0.2) is 0 Å². The van der Waals surface area contributed by atoms with Crippen LogP contribution < -0.4 is 11.1 Å². The number of nitrogens with zero attached hydrogens (tertiary/aromatic N) is 2. The molecule has 0 aliphatic heterocycles. The molecule has 2 rings (SSSR count). The maximum atomic E-state index is 8.83. The lowest BCUT2D eigenvalue weighted by Crippen LogP contribution is -2.33. The molecule has 0 spiro atoms. The van der Waals surface area contributed by atoms with Gasteiger partial charge in [0.05, 0.1) is 0 Å². The first-order valence-corrected chi connectivity index (χ1v) is 7.87. The largest absolute Gasteiger partial charge is 0.409 e. The predicted octanol–water partition coefficient (Wildman–Crippen LogP) is 2.62. The zero-order valence-electron chi connectivity index (χ0n) is 12.8. The predicted molar refractivity (Wildman–Crippen MR) is 84.2 cm³/mol. The van der Waals surface area contributed by atoms with Gasteiger partial charge in [0.15, 0.2) is 5.84 Å². The fraction of sp³-hybridized carbons (Fsp3) is 0.625. The van der Waals surface area contributed by atoms with E-state index in [0.29, 0.717) is 18.3 Å². The maximum absolute atomic E-state index is 8.83. The highest BCUT2D eigenvalue weighted by Crippen LogP contribution is 2.25. The third kappa shape index (κ3) is 4.43. The van der Waals surface area contributed by atoms with E-state index in [9.17, 15) is 0 Å². The van der Waals surface area contributed by atoms with E-state index in [-0.39, 0.29) is 5.84 Å². The number of aromatic nitrogens is 1. The molecule has 5 heteroatoms. The van der Waals surface area contributed by atoms with E-state index in [1.54, 1.807) is 6.20 Å². The number of hydrogen-bond acceptors (Lipinski definition) is 4. The van der Waals surface area contributed by atoms with Gasteiger partial charge >= 0.3 is 0 Å². The molecule has 5 nitrogen and oxygen atoms in total. The van der Waals surface area contributed by atoms with Crippen molar-refractivity contribution in [2.24, 2.45) is 16.8 Å². The molecule has 1 fully saturated rings. The molecule has 1 aliphatic carbocycles. The fourth-order valence-corrected chi connectivity index (χ4v) is 3.11. The van der Waals surface area contributed by atoms with Gasteiger partial charge in [0.1, 0.15) is 5.69 Å². The minimum absolute atomic E-state index is 0.0644. The van der Waals surface area contributed by atoms with Crippen LogP contribution in [0.5, 0.6) is 0 Å². The standard InChI is InChI=1S/C16H26N4O/c1-12(13-7-4-2-3-5-8-13)19-11-14-9-6-10-18-15(14)16(17)20-21/h6,9-10,12-13,19,21H,2-5,7-8,11H2,1H3,(H2,17,20)/t12-/m1/s1. The van der Waals surface area contributed by atoms with Crippen LogP contribution in [0.25, 0.3) is 0 Å². The van der Waals surface area contributed by atoms with Crippen molar-refractivity contribution in [2.75, 3.05) is 0 Å². The highest BCUT2D eigenvalue weighted by atomic mass is 16.4. The van der Waals surface area contributed by atoms with Crippen LogP contribution in [-0.4, -0.2) is 22.1 Å². The van der Waals surface area contributed by atoms with Crippen LogP contribution in [0.15, 0.2) is 23.5 Å². The van der Waals surface area contributed by atoms with Crippen LogP contribution in [0.3, 0.4) is 0 Å². The van der Waals surface area contributed by atoms with Crippen LogP contribution >= 0.6 is 0 Å². The van der Waals surface area contributed by atoms with Crippen molar-refractivity contribution in [3.8, 4) is 0 Å². The average Bonchev–Trinajstić information content (AvgIpc) is 2.81. The molecule has 0 amide bonds. The van der Waals surface area contributed by atoms with Crippen LogP contribution in [0, 0.1) is 5.92 Å². The first-order valence-electron chi connectivity index (χ1n) is 7.87. The molecule has 1 heterocycles. The molecule has 0 aromatic carbocycles. The Labute approximate surface area is 126 Å². The van der Waals surface area contributed by atoms with Crippen molar-refractivity contribution >= 4 is 5.84 Å². The summed E-state index contributed by atoms with van der Waals surface area (Å²) in [6.45, 7) is 2.95. The minimum Gasteiger partial charge on any atom is -0.409 e. The lowest BCUT2D eigenvalue weighted by molar-refractivity contribution is 0.318. The lowest BCUT2D eigenvalue weighted by atomic mass is 9.93. The second-order valence-corrected chi connectivity index (χ2v) is 5.92. The van der Waals surface area contributed by atoms with Crippen LogP contribution in [0.1, 0.15) is 56.7 Å². The van der Waals surface area contributed by atoms with Crippen molar-refractivity contribution in [1.29, 1.82) is 0 Å². The quantitative estimate of drug-likeness (QED) is 0.256. The number of rotatable bonds is 5. The van der Waals surface area contributed by atoms with Crippen molar-refractivity contribution in [2.45, 2.75) is 58.0 Å². The van der Waals surface area contributed by atoms with E-state index < -0.39 is 0 Å². The highest BCUT2D eigenvalue weighted by molar-refractivity contribution is 5.96. The molecule has 0 bridgehead atoms. The average molecular weight is 290 g/mol. The van der Waals surface area contributed by atoms with E-state index in [1.165, 1.54) is 38.5 Å². The van der Waals surface area contributed by atoms with Crippen molar-refractivity contribution in [3.05, 3.63) is 29.6 Å². The molecule has 4 N–H and O–H groups in total. The van der Waals surface area contributed by atoms with E-state index in [2.05, 4.69) is 22.4 Å². The zero-order valence-corrected chi connectivity index (χ0v) is 12.8. The van der Waals surface area contributed by atoms with Gasteiger partial charge in [-0.3, -0.25) is 4.98 Å². The smallest absolute Gasteiger partial charge is 0.189 e.